The van der Waals surface area contributed by atoms with Crippen LogP contribution in [-0.4, -0.2) is 26.4 Å². The lowest BCUT2D eigenvalue weighted by atomic mass is 10.0. The number of sulfonamides is 1. The van der Waals surface area contributed by atoms with Gasteiger partial charge in [-0.3, -0.25) is 30.5 Å². The molecule has 0 atom stereocenters. The van der Waals surface area contributed by atoms with Crippen LogP contribution in [-0.2, 0) is 14.8 Å². The van der Waals surface area contributed by atoms with Crippen LogP contribution < -0.4 is 20.3 Å². The second kappa shape index (κ2) is 9.65. The van der Waals surface area contributed by atoms with Crippen molar-refractivity contribution in [3.8, 4) is 5.75 Å². The van der Waals surface area contributed by atoms with Gasteiger partial charge in [0.2, 0.25) is 5.91 Å². The minimum Gasteiger partial charge on any atom is -0.497 e. The fourth-order valence-corrected chi connectivity index (χ4v) is 4.55. The summed E-state index contributed by atoms with van der Waals surface area (Å²) in [4.78, 5) is 22.6. The van der Waals surface area contributed by atoms with E-state index in [0.29, 0.717) is 18.1 Å². The Morgan fingerprint density at radius 3 is 2.45 bits per heavy atom. The second-order valence-corrected chi connectivity index (χ2v) is 8.98. The van der Waals surface area contributed by atoms with Crippen molar-refractivity contribution in [3.05, 3.63) is 52.6 Å². The predicted octanol–water partition coefficient (Wildman–Crippen LogP) is 3.43. The van der Waals surface area contributed by atoms with Crippen LogP contribution >= 0.6 is 0 Å². The number of hydrogen-bond acceptors (Lipinski definition) is 7. The van der Waals surface area contributed by atoms with E-state index in [0.717, 1.165) is 31.7 Å². The fourth-order valence-electron chi connectivity index (χ4n) is 3.47. The van der Waals surface area contributed by atoms with Crippen molar-refractivity contribution < 1.29 is 22.9 Å². The third-order valence-electron chi connectivity index (χ3n) is 5.10. The van der Waals surface area contributed by atoms with Crippen molar-refractivity contribution >= 4 is 33.0 Å². The first-order valence-corrected chi connectivity index (χ1v) is 11.3. The summed E-state index contributed by atoms with van der Waals surface area (Å²) in [5, 5.41) is 11.5. The number of benzene rings is 2. The maximum atomic E-state index is 12.6. The van der Waals surface area contributed by atoms with E-state index in [2.05, 4.69) is 15.6 Å². The number of hydrazine groups is 1. The number of nitro benzene ring substituents is 1. The number of anilines is 2. The van der Waals surface area contributed by atoms with Crippen LogP contribution in [0.15, 0.2) is 47.4 Å². The molecule has 1 fully saturated rings. The highest BCUT2D eigenvalue weighted by Crippen LogP contribution is 2.29. The Morgan fingerprint density at radius 1 is 1.16 bits per heavy atom. The van der Waals surface area contributed by atoms with Gasteiger partial charge in [-0.1, -0.05) is 12.8 Å². The smallest absolute Gasteiger partial charge is 0.295 e. The molecule has 2 aromatic carbocycles. The summed E-state index contributed by atoms with van der Waals surface area (Å²) in [6, 6.07) is 9.61. The molecule has 11 heteroatoms. The molecule has 1 aliphatic carbocycles. The van der Waals surface area contributed by atoms with Gasteiger partial charge in [0.1, 0.15) is 11.4 Å². The molecular weight excluding hydrogens is 424 g/mol. The lowest BCUT2D eigenvalue weighted by Gasteiger charge is -2.13. The maximum absolute atomic E-state index is 12.6. The normalized spacial score (nSPS) is 14.1. The molecule has 166 valence electrons. The Bertz CT molecular complexity index is 1050. The summed E-state index contributed by atoms with van der Waals surface area (Å²) in [6.45, 7) is 0. The molecule has 0 aliphatic heterocycles. The summed E-state index contributed by atoms with van der Waals surface area (Å²) in [6.07, 6.45) is 4.57. The summed E-state index contributed by atoms with van der Waals surface area (Å²) >= 11 is 0. The SMILES string of the molecule is COc1ccc(NS(=O)(=O)c2ccc(NNC(=O)CC3CCCC3)c([N+](=O)[O-])c2)cc1. The van der Waals surface area contributed by atoms with Gasteiger partial charge in [-0.15, -0.1) is 0 Å². The number of carbonyl (C=O) groups excluding carboxylic acids is 1. The van der Waals surface area contributed by atoms with Gasteiger partial charge in [-0.25, -0.2) is 8.42 Å². The van der Waals surface area contributed by atoms with Crippen molar-refractivity contribution in [3.63, 3.8) is 0 Å². The molecule has 0 bridgehead atoms. The van der Waals surface area contributed by atoms with Crippen LogP contribution in [0.2, 0.25) is 0 Å². The topological polar surface area (TPSA) is 140 Å². The molecule has 1 saturated carbocycles. The minimum atomic E-state index is -4.06. The number of ether oxygens (including phenoxy) is 1. The van der Waals surface area contributed by atoms with E-state index in [4.69, 9.17) is 4.74 Å². The van der Waals surface area contributed by atoms with Gasteiger partial charge in [0.25, 0.3) is 15.7 Å². The zero-order chi connectivity index (χ0) is 22.4. The van der Waals surface area contributed by atoms with Crippen LogP contribution in [0.3, 0.4) is 0 Å². The maximum Gasteiger partial charge on any atom is 0.295 e. The number of nitrogens with zero attached hydrogens (tertiary/aromatic N) is 1. The molecule has 2 aromatic rings. The van der Waals surface area contributed by atoms with Gasteiger partial charge >= 0.3 is 0 Å². The summed E-state index contributed by atoms with van der Waals surface area (Å²) in [7, 11) is -2.57. The number of carbonyl (C=O) groups is 1. The molecule has 0 aromatic heterocycles. The first-order valence-electron chi connectivity index (χ1n) is 9.78. The molecule has 3 rings (SSSR count). The van der Waals surface area contributed by atoms with Crippen LogP contribution in [0.4, 0.5) is 17.1 Å². The van der Waals surface area contributed by atoms with Crippen LogP contribution in [0.5, 0.6) is 5.75 Å². The van der Waals surface area contributed by atoms with E-state index in [1.54, 1.807) is 12.1 Å². The van der Waals surface area contributed by atoms with Gasteiger partial charge in [0.15, 0.2) is 0 Å². The van der Waals surface area contributed by atoms with Gasteiger partial charge < -0.3 is 4.74 Å². The molecule has 1 amide bonds. The van der Waals surface area contributed by atoms with E-state index >= 15 is 0 Å². The number of rotatable bonds is 9. The Morgan fingerprint density at radius 2 is 1.84 bits per heavy atom. The number of nitro groups is 1. The van der Waals surface area contributed by atoms with Gasteiger partial charge in [-0.2, -0.15) is 0 Å². The average Bonchev–Trinajstić information content (AvgIpc) is 3.25. The van der Waals surface area contributed by atoms with Crippen molar-refractivity contribution in [1.29, 1.82) is 0 Å². The van der Waals surface area contributed by atoms with Crippen LogP contribution in [0.1, 0.15) is 32.1 Å². The predicted molar refractivity (Wildman–Crippen MR) is 115 cm³/mol. The van der Waals surface area contributed by atoms with Gasteiger partial charge in [-0.05, 0) is 55.2 Å². The highest BCUT2D eigenvalue weighted by Gasteiger charge is 2.23. The van der Waals surface area contributed by atoms with Crippen molar-refractivity contribution in [2.45, 2.75) is 37.0 Å². The van der Waals surface area contributed by atoms with E-state index in [1.807, 2.05) is 0 Å². The average molecular weight is 449 g/mol. The summed E-state index contributed by atoms with van der Waals surface area (Å²) in [5.41, 5.74) is 4.80. The number of hydrogen-bond donors (Lipinski definition) is 3. The Labute approximate surface area is 180 Å². The molecule has 31 heavy (non-hydrogen) atoms. The summed E-state index contributed by atoms with van der Waals surface area (Å²) < 4.78 is 32.7. The number of amides is 1. The van der Waals surface area contributed by atoms with Crippen molar-refractivity contribution in [2.24, 2.45) is 5.92 Å². The van der Waals surface area contributed by atoms with Crippen molar-refractivity contribution in [1.82, 2.24) is 5.43 Å². The Balaban J connectivity index is 1.72. The number of methoxy groups -OCH3 is 1. The minimum absolute atomic E-state index is 0.00632. The standard InChI is InChI=1S/C20H24N4O6S/c1-30-16-8-6-15(7-9-16)23-31(28,29)17-10-11-18(19(13-17)24(26)27)21-22-20(25)12-14-4-2-3-5-14/h6-11,13-14,21,23H,2-5,12H2,1H3,(H,22,25). The monoisotopic (exact) mass is 448 g/mol. The quantitative estimate of drug-likeness (QED) is 0.394. The van der Waals surface area contributed by atoms with Crippen LogP contribution in [0, 0.1) is 16.0 Å². The first kappa shape index (κ1) is 22.3. The van der Waals surface area contributed by atoms with E-state index < -0.39 is 20.6 Å². The molecule has 0 unspecified atom stereocenters. The van der Waals surface area contributed by atoms with Gasteiger partial charge in [0.05, 0.1) is 16.9 Å². The molecule has 0 saturated heterocycles. The number of nitrogens with one attached hydrogen (secondary N) is 3. The molecule has 0 spiro atoms. The molecule has 10 nitrogen and oxygen atoms in total. The summed E-state index contributed by atoms with van der Waals surface area (Å²) in [5.74, 6) is 0.622. The second-order valence-electron chi connectivity index (χ2n) is 7.30. The van der Waals surface area contributed by atoms with Crippen molar-refractivity contribution in [2.75, 3.05) is 17.3 Å². The van der Waals surface area contributed by atoms with E-state index in [-0.39, 0.29) is 22.2 Å². The molecular formula is C20H24N4O6S. The Kier molecular flexibility index (Phi) is 6.95. The lowest BCUT2D eigenvalue weighted by molar-refractivity contribution is -0.384. The highest BCUT2D eigenvalue weighted by molar-refractivity contribution is 7.92. The zero-order valence-electron chi connectivity index (χ0n) is 17.0. The molecule has 0 radical (unpaired) electrons. The fraction of sp³-hybridized carbons (Fsp3) is 0.350. The largest absolute Gasteiger partial charge is 0.497 e. The molecule has 1 aliphatic rings. The van der Waals surface area contributed by atoms with Crippen LogP contribution in [0.25, 0.3) is 0 Å². The molecule has 3 N–H and O–H groups in total. The third-order valence-corrected chi connectivity index (χ3v) is 6.48. The van der Waals surface area contributed by atoms with Gasteiger partial charge in [0, 0.05) is 18.2 Å². The van der Waals surface area contributed by atoms with E-state index in [9.17, 15) is 23.3 Å². The lowest BCUT2D eigenvalue weighted by Crippen LogP contribution is -2.30. The zero-order valence-corrected chi connectivity index (χ0v) is 17.8. The third kappa shape index (κ3) is 5.85. The highest BCUT2D eigenvalue weighted by atomic mass is 32.2. The molecule has 0 heterocycles. The van der Waals surface area contributed by atoms with E-state index in [1.165, 1.54) is 31.4 Å². The first-order chi connectivity index (χ1) is 14.8. The Hall–Kier alpha value is -3.34.